The van der Waals surface area contributed by atoms with Gasteiger partial charge in [-0.05, 0) is 19.4 Å². The second-order valence-corrected chi connectivity index (χ2v) is 3.06. The predicted octanol–water partition coefficient (Wildman–Crippen LogP) is -0.373. The van der Waals surface area contributed by atoms with Crippen LogP contribution in [0.1, 0.15) is 19.3 Å². The second-order valence-electron chi connectivity index (χ2n) is 3.06. The fourth-order valence-corrected chi connectivity index (χ4v) is 1.81. The molecular formula is C7H12N2O. The monoisotopic (exact) mass is 140 g/mol. The molecule has 2 aliphatic rings. The Hall–Kier alpha value is -0.570. The van der Waals surface area contributed by atoms with Crippen LogP contribution in [0.15, 0.2) is 0 Å². The molecule has 2 atom stereocenters. The van der Waals surface area contributed by atoms with Crippen LogP contribution in [0, 0.1) is 0 Å². The number of amides is 1. The summed E-state index contributed by atoms with van der Waals surface area (Å²) in [5.41, 5.74) is 0. The number of fused-ring (bicyclic) bond motifs is 1. The van der Waals surface area contributed by atoms with Crippen molar-refractivity contribution in [3.05, 3.63) is 0 Å². The normalized spacial score (nSPS) is 39.0. The molecule has 2 heterocycles. The molecule has 2 N–H and O–H groups in total. The Balaban J connectivity index is 2.03. The first-order valence-electron chi connectivity index (χ1n) is 3.89. The summed E-state index contributed by atoms with van der Waals surface area (Å²) >= 11 is 0. The Kier molecular flexibility index (Phi) is 1.38. The summed E-state index contributed by atoms with van der Waals surface area (Å²) in [7, 11) is 0. The maximum atomic E-state index is 10.9. The number of carbonyl (C=O) groups excluding carboxylic acids is 1. The minimum atomic E-state index is 0.227. The third kappa shape index (κ3) is 0.904. The fourth-order valence-electron chi connectivity index (χ4n) is 1.81. The van der Waals surface area contributed by atoms with Crippen LogP contribution in [0.5, 0.6) is 0 Å². The lowest BCUT2D eigenvalue weighted by Gasteiger charge is -2.25. The molecule has 2 rings (SSSR count). The van der Waals surface area contributed by atoms with Crippen molar-refractivity contribution in [3.8, 4) is 0 Å². The van der Waals surface area contributed by atoms with Crippen LogP contribution in [0.4, 0.5) is 0 Å². The van der Waals surface area contributed by atoms with E-state index in [1.54, 1.807) is 0 Å². The number of rotatable bonds is 0. The lowest BCUT2D eigenvalue weighted by molar-refractivity contribution is -0.123. The molecule has 2 saturated heterocycles. The molecule has 0 aromatic carbocycles. The van der Waals surface area contributed by atoms with E-state index in [9.17, 15) is 4.79 Å². The minimum absolute atomic E-state index is 0.227. The highest BCUT2D eigenvalue weighted by atomic mass is 16.1. The van der Waals surface area contributed by atoms with Crippen LogP contribution in [-0.2, 0) is 4.79 Å². The van der Waals surface area contributed by atoms with Gasteiger partial charge >= 0.3 is 0 Å². The van der Waals surface area contributed by atoms with Crippen LogP contribution in [0.2, 0.25) is 0 Å². The first-order chi connectivity index (χ1) is 4.86. The predicted molar refractivity (Wildman–Crippen MR) is 37.6 cm³/mol. The van der Waals surface area contributed by atoms with E-state index in [1.165, 1.54) is 0 Å². The standard InChI is InChI=1S/C7H12N2O/c10-7-2-1-5-6(9-7)3-4-8-5/h5-6,8H,1-4H2,(H,9,10). The summed E-state index contributed by atoms with van der Waals surface area (Å²) in [4.78, 5) is 10.9. The van der Waals surface area contributed by atoms with Gasteiger partial charge in [-0.3, -0.25) is 4.79 Å². The molecule has 2 aliphatic heterocycles. The van der Waals surface area contributed by atoms with Gasteiger partial charge in [0, 0.05) is 18.5 Å². The zero-order valence-corrected chi connectivity index (χ0v) is 5.89. The molecule has 0 saturated carbocycles. The van der Waals surface area contributed by atoms with Crippen molar-refractivity contribution in [2.45, 2.75) is 31.3 Å². The molecule has 56 valence electrons. The number of nitrogens with one attached hydrogen (secondary N) is 2. The highest BCUT2D eigenvalue weighted by Gasteiger charge is 2.31. The third-order valence-corrected chi connectivity index (χ3v) is 2.38. The Morgan fingerprint density at radius 2 is 2.20 bits per heavy atom. The largest absolute Gasteiger partial charge is 0.352 e. The number of piperidine rings is 1. The van der Waals surface area contributed by atoms with Gasteiger partial charge in [0.1, 0.15) is 0 Å². The molecule has 0 aliphatic carbocycles. The lowest BCUT2D eigenvalue weighted by atomic mass is 10.00. The molecule has 3 heteroatoms. The molecule has 0 radical (unpaired) electrons. The number of carbonyl (C=O) groups is 1. The van der Waals surface area contributed by atoms with E-state index in [-0.39, 0.29) is 5.91 Å². The van der Waals surface area contributed by atoms with Crippen molar-refractivity contribution >= 4 is 5.91 Å². The van der Waals surface area contributed by atoms with E-state index in [0.29, 0.717) is 18.5 Å². The van der Waals surface area contributed by atoms with Crippen LogP contribution < -0.4 is 10.6 Å². The van der Waals surface area contributed by atoms with Crippen molar-refractivity contribution in [1.29, 1.82) is 0 Å². The summed E-state index contributed by atoms with van der Waals surface area (Å²) in [5.74, 6) is 0.227. The zero-order chi connectivity index (χ0) is 6.97. The van der Waals surface area contributed by atoms with E-state index >= 15 is 0 Å². The Morgan fingerprint density at radius 3 is 3.10 bits per heavy atom. The van der Waals surface area contributed by atoms with Crippen molar-refractivity contribution in [2.75, 3.05) is 6.54 Å². The summed E-state index contributed by atoms with van der Waals surface area (Å²) in [6.45, 7) is 1.07. The molecular weight excluding hydrogens is 128 g/mol. The van der Waals surface area contributed by atoms with Gasteiger partial charge in [-0.1, -0.05) is 0 Å². The average Bonchev–Trinajstić information content (AvgIpc) is 2.33. The highest BCUT2D eigenvalue weighted by Crippen LogP contribution is 2.16. The molecule has 2 fully saturated rings. The van der Waals surface area contributed by atoms with Gasteiger partial charge in [-0.25, -0.2) is 0 Å². The van der Waals surface area contributed by atoms with Crippen LogP contribution >= 0.6 is 0 Å². The van der Waals surface area contributed by atoms with Gasteiger partial charge in [-0.15, -0.1) is 0 Å². The van der Waals surface area contributed by atoms with Gasteiger partial charge in [0.2, 0.25) is 5.91 Å². The lowest BCUT2D eigenvalue weighted by Crippen LogP contribution is -2.48. The molecule has 0 aromatic rings. The van der Waals surface area contributed by atoms with Gasteiger partial charge < -0.3 is 10.6 Å². The van der Waals surface area contributed by atoms with Gasteiger partial charge in [-0.2, -0.15) is 0 Å². The first kappa shape index (κ1) is 6.16. The summed E-state index contributed by atoms with van der Waals surface area (Å²) < 4.78 is 0. The smallest absolute Gasteiger partial charge is 0.220 e. The Morgan fingerprint density at radius 1 is 1.30 bits per heavy atom. The third-order valence-electron chi connectivity index (χ3n) is 2.38. The minimum Gasteiger partial charge on any atom is -0.352 e. The quantitative estimate of drug-likeness (QED) is 0.482. The van der Waals surface area contributed by atoms with E-state index < -0.39 is 0 Å². The molecule has 2 unspecified atom stereocenters. The van der Waals surface area contributed by atoms with Gasteiger partial charge in [0.05, 0.1) is 0 Å². The molecule has 1 amide bonds. The van der Waals surface area contributed by atoms with Gasteiger partial charge in [0.25, 0.3) is 0 Å². The van der Waals surface area contributed by atoms with E-state index in [2.05, 4.69) is 10.6 Å². The summed E-state index contributed by atoms with van der Waals surface area (Å²) in [5, 5.41) is 6.34. The Labute approximate surface area is 60.2 Å². The molecule has 10 heavy (non-hydrogen) atoms. The van der Waals surface area contributed by atoms with E-state index in [1.807, 2.05) is 0 Å². The van der Waals surface area contributed by atoms with Crippen LogP contribution in [0.3, 0.4) is 0 Å². The van der Waals surface area contributed by atoms with Crippen molar-refractivity contribution in [3.63, 3.8) is 0 Å². The zero-order valence-electron chi connectivity index (χ0n) is 5.89. The summed E-state index contributed by atoms with van der Waals surface area (Å²) in [6, 6.07) is 0.999. The van der Waals surface area contributed by atoms with Crippen LogP contribution in [0.25, 0.3) is 0 Å². The topological polar surface area (TPSA) is 41.1 Å². The van der Waals surface area contributed by atoms with E-state index in [0.717, 1.165) is 19.4 Å². The number of hydrogen-bond donors (Lipinski definition) is 2. The highest BCUT2D eigenvalue weighted by molar-refractivity contribution is 5.77. The van der Waals surface area contributed by atoms with Gasteiger partial charge in [0.15, 0.2) is 0 Å². The SMILES string of the molecule is O=C1CCC2NCCC2N1. The molecule has 0 spiro atoms. The number of hydrogen-bond acceptors (Lipinski definition) is 2. The van der Waals surface area contributed by atoms with Crippen molar-refractivity contribution < 1.29 is 4.79 Å². The van der Waals surface area contributed by atoms with Crippen LogP contribution in [-0.4, -0.2) is 24.5 Å². The Bertz CT molecular complexity index is 158. The molecule has 0 bridgehead atoms. The maximum absolute atomic E-state index is 10.9. The molecule has 3 nitrogen and oxygen atoms in total. The fraction of sp³-hybridized carbons (Fsp3) is 0.857. The average molecular weight is 140 g/mol. The second kappa shape index (κ2) is 2.23. The van der Waals surface area contributed by atoms with Crippen molar-refractivity contribution in [1.82, 2.24) is 10.6 Å². The van der Waals surface area contributed by atoms with Crippen molar-refractivity contribution in [2.24, 2.45) is 0 Å². The molecule has 0 aromatic heterocycles. The maximum Gasteiger partial charge on any atom is 0.220 e. The summed E-state index contributed by atoms with van der Waals surface area (Å²) in [6.07, 6.45) is 2.83. The first-order valence-corrected chi connectivity index (χ1v) is 3.89. The van der Waals surface area contributed by atoms with E-state index in [4.69, 9.17) is 0 Å².